The molecule has 1 atom stereocenters. The number of aliphatic hydroxyl groups excluding tert-OH is 1. The molecule has 44 heavy (non-hydrogen) atoms. The molecule has 0 radical (unpaired) electrons. The van der Waals surface area contributed by atoms with E-state index in [1.165, 1.54) is 19.0 Å². The highest BCUT2D eigenvalue weighted by Gasteiger charge is 2.37. The predicted octanol–water partition coefficient (Wildman–Crippen LogP) is 5.84. The van der Waals surface area contributed by atoms with Crippen molar-refractivity contribution in [1.29, 1.82) is 0 Å². The van der Waals surface area contributed by atoms with Crippen LogP contribution in [0.25, 0.3) is 11.5 Å². The first-order valence-electron chi connectivity index (χ1n) is 13.3. The molecule has 4 N–H and O–H groups in total. The number of halogens is 6. The second-order valence-electron chi connectivity index (χ2n) is 9.47. The van der Waals surface area contributed by atoms with Crippen LogP contribution in [0.5, 0.6) is 0 Å². The van der Waals surface area contributed by atoms with Gasteiger partial charge in [-0.3, -0.25) is 14.7 Å². The number of H-pyrrole nitrogens is 1. The third-order valence-electron chi connectivity index (χ3n) is 4.54. The SMILES string of the molecule is CC(C)C.CCCC.CNCC(O)C(=O)Nc1ccn[nH]1.O=COCc1nnc(-c2cc(C(F)(F)F)cc(C(F)(F)F)c2)o1. The molecule has 2 aromatic heterocycles. The van der Waals surface area contributed by atoms with Gasteiger partial charge in [0.25, 0.3) is 18.3 Å². The topological polar surface area (TPSA) is 155 Å². The van der Waals surface area contributed by atoms with Crippen molar-refractivity contribution < 1.29 is 50.2 Å². The van der Waals surface area contributed by atoms with Gasteiger partial charge in [0.05, 0.1) is 17.3 Å². The predicted molar refractivity (Wildman–Crippen MR) is 149 cm³/mol. The molecule has 0 saturated carbocycles. The summed E-state index contributed by atoms with van der Waals surface area (Å²) in [7, 11) is 1.66. The Bertz CT molecular complexity index is 1180. The fraction of sp³-hybridized carbons (Fsp3) is 0.519. The molecule has 3 rings (SSSR count). The third kappa shape index (κ3) is 16.6. The Kier molecular flexibility index (Phi) is 18.2. The van der Waals surface area contributed by atoms with E-state index in [4.69, 9.17) is 4.42 Å². The summed E-state index contributed by atoms with van der Waals surface area (Å²) in [5.41, 5.74) is -3.57. The molecular formula is C27H38F6N6O5. The lowest BCUT2D eigenvalue weighted by atomic mass is 10.0. The van der Waals surface area contributed by atoms with Crippen molar-refractivity contribution >= 4 is 18.2 Å². The van der Waals surface area contributed by atoms with E-state index < -0.39 is 53.6 Å². The fourth-order valence-electron chi connectivity index (χ4n) is 2.44. The van der Waals surface area contributed by atoms with Crippen LogP contribution in [0.3, 0.4) is 0 Å². The number of amides is 1. The highest BCUT2D eigenvalue weighted by Crippen LogP contribution is 2.38. The zero-order valence-corrected chi connectivity index (χ0v) is 25.1. The molecule has 11 nitrogen and oxygen atoms in total. The van der Waals surface area contributed by atoms with Crippen molar-refractivity contribution in [2.45, 2.75) is 72.5 Å². The smallest absolute Gasteiger partial charge is 0.416 e. The number of unbranched alkanes of at least 4 members (excludes halogenated alkanes) is 1. The van der Waals surface area contributed by atoms with Crippen molar-refractivity contribution in [2.75, 3.05) is 18.9 Å². The first-order valence-corrected chi connectivity index (χ1v) is 13.3. The average Bonchev–Trinajstić information content (AvgIpc) is 3.63. The Balaban J connectivity index is 0.000000736. The highest BCUT2D eigenvalue weighted by molar-refractivity contribution is 5.93. The maximum atomic E-state index is 12.7. The fourth-order valence-corrected chi connectivity index (χ4v) is 2.44. The van der Waals surface area contributed by atoms with E-state index in [0.717, 1.165) is 5.92 Å². The number of carbonyl (C=O) groups is 2. The standard InChI is InChI=1S/C12H6F6N2O3.C7H12N4O2.2C4H10/c13-11(14,15)7-1-6(2-8(3-7)12(16,17)18)10-20-19-9(23-10)4-22-5-21;1-8-4-5(12)7(13)10-6-2-3-9-11-6;1-4(2)3;1-3-4-2/h1-3,5H,4H2;2-3,5,8,12H,4H2,1H3,(H2,9,10,11,13);4H,1-3H3;3-4H2,1-2H3. The zero-order valence-electron chi connectivity index (χ0n) is 25.1. The molecule has 17 heteroatoms. The van der Waals surface area contributed by atoms with Crippen molar-refractivity contribution in [3.63, 3.8) is 0 Å². The number of aromatic nitrogens is 4. The van der Waals surface area contributed by atoms with Gasteiger partial charge in [0.2, 0.25) is 5.89 Å². The molecule has 1 amide bonds. The number of alkyl halides is 6. The molecule has 248 valence electrons. The van der Waals surface area contributed by atoms with Gasteiger partial charge >= 0.3 is 12.4 Å². The first-order chi connectivity index (χ1) is 20.5. The quantitative estimate of drug-likeness (QED) is 0.167. The summed E-state index contributed by atoms with van der Waals surface area (Å²) < 4.78 is 85.5. The molecule has 0 fully saturated rings. The summed E-state index contributed by atoms with van der Waals surface area (Å²) in [6, 6.07) is 2.49. The minimum atomic E-state index is -4.99. The molecule has 0 aliphatic rings. The van der Waals surface area contributed by atoms with Gasteiger partial charge in [-0.15, -0.1) is 10.2 Å². The molecule has 0 bridgehead atoms. The zero-order chi connectivity index (χ0) is 33.9. The number of aromatic amines is 1. The summed E-state index contributed by atoms with van der Waals surface area (Å²) in [4.78, 5) is 21.2. The maximum absolute atomic E-state index is 12.7. The number of ether oxygens (including phenoxy) is 1. The molecule has 1 unspecified atom stereocenters. The molecule has 0 spiro atoms. The van der Waals surface area contributed by atoms with Crippen LogP contribution in [0.2, 0.25) is 0 Å². The van der Waals surface area contributed by atoms with Crippen molar-refractivity contribution in [3.05, 3.63) is 47.5 Å². The van der Waals surface area contributed by atoms with Crippen LogP contribution >= 0.6 is 0 Å². The van der Waals surface area contributed by atoms with Crippen molar-refractivity contribution in [2.24, 2.45) is 5.92 Å². The van der Waals surface area contributed by atoms with Crippen LogP contribution in [-0.4, -0.2) is 57.6 Å². The van der Waals surface area contributed by atoms with Crippen LogP contribution in [0.4, 0.5) is 32.2 Å². The number of hydrogen-bond donors (Lipinski definition) is 4. The number of anilines is 1. The number of likely N-dealkylation sites (N-methyl/N-ethyl adjacent to an activating group) is 1. The van der Waals surface area contributed by atoms with Crippen LogP contribution in [-0.2, 0) is 33.3 Å². The summed E-state index contributed by atoms with van der Waals surface area (Å²) in [5.74, 6) is 0.00271. The minimum Gasteiger partial charge on any atom is -0.458 e. The number of rotatable bonds is 9. The molecule has 0 aliphatic carbocycles. The Morgan fingerprint density at radius 3 is 2.00 bits per heavy atom. The average molecular weight is 641 g/mol. The van der Waals surface area contributed by atoms with Crippen molar-refractivity contribution in [1.82, 2.24) is 25.7 Å². The number of aliphatic hydroxyl groups is 1. The van der Waals surface area contributed by atoms with Crippen LogP contribution in [0, 0.1) is 5.92 Å². The molecular weight excluding hydrogens is 602 g/mol. The number of nitrogens with one attached hydrogen (secondary N) is 3. The Morgan fingerprint density at radius 1 is 1.05 bits per heavy atom. The van der Waals surface area contributed by atoms with Gasteiger partial charge in [-0.1, -0.05) is 47.5 Å². The lowest BCUT2D eigenvalue weighted by Crippen LogP contribution is -2.35. The second-order valence-corrected chi connectivity index (χ2v) is 9.47. The lowest BCUT2D eigenvalue weighted by molar-refractivity contribution is -0.143. The van der Waals surface area contributed by atoms with Crippen LogP contribution < -0.4 is 10.6 Å². The molecule has 3 aromatic rings. The number of benzene rings is 1. The molecule has 0 saturated heterocycles. The summed E-state index contributed by atoms with van der Waals surface area (Å²) in [6.07, 6.45) is -6.87. The monoisotopic (exact) mass is 640 g/mol. The van der Waals surface area contributed by atoms with Gasteiger partial charge in [0.15, 0.2) is 6.61 Å². The number of carbonyl (C=O) groups excluding carboxylic acids is 2. The third-order valence-corrected chi connectivity index (χ3v) is 4.54. The Morgan fingerprint density at radius 2 is 1.59 bits per heavy atom. The Hall–Kier alpha value is -3.99. The van der Waals surface area contributed by atoms with Crippen molar-refractivity contribution in [3.8, 4) is 11.5 Å². The van der Waals surface area contributed by atoms with Gasteiger partial charge in [0, 0.05) is 18.2 Å². The van der Waals surface area contributed by atoms with Gasteiger partial charge < -0.3 is 24.9 Å². The number of nitrogens with zero attached hydrogens (tertiary/aromatic N) is 3. The van der Waals surface area contributed by atoms with E-state index in [1.54, 1.807) is 13.1 Å². The summed E-state index contributed by atoms with van der Waals surface area (Å²) in [6.45, 7) is 10.7. The molecule has 2 heterocycles. The van der Waals surface area contributed by atoms with E-state index in [1.807, 2.05) is 0 Å². The van der Waals surface area contributed by atoms with Gasteiger partial charge in [0.1, 0.15) is 11.9 Å². The first kappa shape index (κ1) is 40.0. The maximum Gasteiger partial charge on any atom is 0.416 e. The van der Waals surface area contributed by atoms with Gasteiger partial charge in [-0.25, -0.2) is 0 Å². The van der Waals surface area contributed by atoms with Gasteiger partial charge in [-0.05, 0) is 31.2 Å². The van der Waals surface area contributed by atoms with E-state index in [0.29, 0.717) is 18.0 Å². The normalized spacial score (nSPS) is 11.6. The minimum absolute atomic E-state index is 0.0176. The van der Waals surface area contributed by atoms with E-state index in [-0.39, 0.29) is 25.0 Å². The molecule has 0 aliphatic heterocycles. The van der Waals surface area contributed by atoms with Crippen LogP contribution in [0.15, 0.2) is 34.9 Å². The van der Waals surface area contributed by atoms with E-state index >= 15 is 0 Å². The van der Waals surface area contributed by atoms with Crippen LogP contribution in [0.1, 0.15) is 64.5 Å². The summed E-state index contributed by atoms with van der Waals surface area (Å²) >= 11 is 0. The largest absolute Gasteiger partial charge is 0.458 e. The Labute approximate surface area is 250 Å². The lowest BCUT2D eigenvalue weighted by Gasteiger charge is -2.12. The van der Waals surface area contributed by atoms with E-state index in [2.05, 4.69) is 70.4 Å². The number of hydrogen-bond acceptors (Lipinski definition) is 9. The van der Waals surface area contributed by atoms with Gasteiger partial charge in [-0.2, -0.15) is 31.4 Å². The second kappa shape index (κ2) is 20.1. The molecule has 1 aromatic carbocycles. The summed E-state index contributed by atoms with van der Waals surface area (Å²) in [5, 5.41) is 27.2. The van der Waals surface area contributed by atoms with E-state index in [9.17, 15) is 41.0 Å². The highest BCUT2D eigenvalue weighted by atomic mass is 19.4.